The summed E-state index contributed by atoms with van der Waals surface area (Å²) >= 11 is 0. The van der Waals surface area contributed by atoms with Crippen LogP contribution in [-0.2, 0) is 14.3 Å². The first-order valence-electron chi connectivity index (χ1n) is 28.2. The zero-order chi connectivity index (χ0) is 48.0. The smallest absolute Gasteiger partial charge is 0.220 e. The van der Waals surface area contributed by atoms with Gasteiger partial charge in [-0.3, -0.25) is 4.79 Å². The van der Waals surface area contributed by atoms with Crippen molar-refractivity contribution in [1.29, 1.82) is 0 Å². The number of aliphatic hydroxyl groups is 5. The molecule has 0 aromatic rings. The molecule has 0 aliphatic carbocycles. The van der Waals surface area contributed by atoms with Crippen LogP contribution in [0.15, 0.2) is 36.5 Å². The molecule has 388 valence electrons. The molecule has 7 atom stereocenters. The van der Waals surface area contributed by atoms with Gasteiger partial charge in [0.05, 0.1) is 25.4 Å². The van der Waals surface area contributed by atoms with E-state index in [1.807, 2.05) is 19.1 Å². The summed E-state index contributed by atoms with van der Waals surface area (Å²) in [5.41, 5.74) is 0. The molecule has 0 aromatic heterocycles. The Balaban J connectivity index is 2.03. The highest BCUT2D eigenvalue weighted by molar-refractivity contribution is 5.76. The standard InChI is InChI=1S/C57H107NO8/c1-3-5-7-9-11-13-14-15-16-17-18-19-20-21-22-23-24-25-26-27-28-29-30-31-32-33-34-35-36-37-39-41-43-45-47-53(61)58-50(51(60)46-44-42-40-38-12-10-8-6-4-2)49-65-57-56(64)55(63)54(62)52(48-59)66-57/h4,6,12,38,44,46,50-52,54-57,59-60,62-64H,3,5,7-11,13-37,39-43,45,47-49H2,1-2H3,(H,58,61)/b6-4+,38-12+,46-44+. The van der Waals surface area contributed by atoms with Gasteiger partial charge in [-0.05, 0) is 39.0 Å². The monoisotopic (exact) mass is 934 g/mol. The molecule has 66 heavy (non-hydrogen) atoms. The van der Waals surface area contributed by atoms with Crippen LogP contribution < -0.4 is 5.32 Å². The maximum atomic E-state index is 13.0. The highest BCUT2D eigenvalue weighted by Crippen LogP contribution is 2.23. The second-order valence-electron chi connectivity index (χ2n) is 19.7. The van der Waals surface area contributed by atoms with Gasteiger partial charge in [0.25, 0.3) is 0 Å². The molecule has 1 aliphatic heterocycles. The third-order valence-electron chi connectivity index (χ3n) is 13.5. The number of allylic oxidation sites excluding steroid dienone is 5. The van der Waals surface area contributed by atoms with Crippen LogP contribution in [0.2, 0.25) is 0 Å². The predicted octanol–water partition coefficient (Wildman–Crippen LogP) is 13.6. The average Bonchev–Trinajstić information content (AvgIpc) is 3.32. The summed E-state index contributed by atoms with van der Waals surface area (Å²) < 4.78 is 11.2. The van der Waals surface area contributed by atoms with Crippen LogP contribution in [-0.4, -0.2) is 87.5 Å². The lowest BCUT2D eigenvalue weighted by molar-refractivity contribution is -0.302. The second-order valence-corrected chi connectivity index (χ2v) is 19.7. The molecule has 1 saturated heterocycles. The second kappa shape index (κ2) is 47.1. The summed E-state index contributed by atoms with van der Waals surface area (Å²) in [5.74, 6) is -0.190. The summed E-state index contributed by atoms with van der Waals surface area (Å²) in [4.78, 5) is 13.0. The number of ether oxygens (including phenoxy) is 2. The van der Waals surface area contributed by atoms with E-state index >= 15 is 0 Å². The van der Waals surface area contributed by atoms with Crippen molar-refractivity contribution >= 4 is 5.91 Å². The van der Waals surface area contributed by atoms with Gasteiger partial charge < -0.3 is 40.3 Å². The molecule has 1 rings (SSSR count). The van der Waals surface area contributed by atoms with E-state index in [0.717, 1.165) is 44.9 Å². The molecule has 1 fully saturated rings. The van der Waals surface area contributed by atoms with Crippen LogP contribution in [0.5, 0.6) is 0 Å². The predicted molar refractivity (Wildman–Crippen MR) is 276 cm³/mol. The van der Waals surface area contributed by atoms with Gasteiger partial charge in [-0.15, -0.1) is 0 Å². The number of carbonyl (C=O) groups excluding carboxylic acids is 1. The molecular formula is C57H107NO8. The number of unbranched alkanes of at least 4 members (excludes halogenated alkanes) is 35. The minimum atomic E-state index is -1.57. The maximum absolute atomic E-state index is 13.0. The Morgan fingerprint density at radius 1 is 0.530 bits per heavy atom. The Morgan fingerprint density at radius 3 is 1.27 bits per heavy atom. The Hall–Kier alpha value is -1.59. The fourth-order valence-electron chi connectivity index (χ4n) is 9.08. The Labute approximate surface area is 406 Å². The van der Waals surface area contributed by atoms with Gasteiger partial charge >= 0.3 is 0 Å². The zero-order valence-corrected chi connectivity index (χ0v) is 43.0. The number of hydrogen-bond acceptors (Lipinski definition) is 8. The van der Waals surface area contributed by atoms with Crippen molar-refractivity contribution in [3.05, 3.63) is 36.5 Å². The molecule has 6 N–H and O–H groups in total. The van der Waals surface area contributed by atoms with E-state index < -0.39 is 49.5 Å². The summed E-state index contributed by atoms with van der Waals surface area (Å²) in [5, 5.41) is 54.1. The minimum Gasteiger partial charge on any atom is -0.394 e. The third-order valence-corrected chi connectivity index (χ3v) is 13.5. The van der Waals surface area contributed by atoms with E-state index in [0.29, 0.717) is 6.42 Å². The summed E-state index contributed by atoms with van der Waals surface area (Å²) in [7, 11) is 0. The van der Waals surface area contributed by atoms with Gasteiger partial charge in [-0.2, -0.15) is 0 Å². The van der Waals surface area contributed by atoms with E-state index in [4.69, 9.17) is 9.47 Å². The van der Waals surface area contributed by atoms with Crippen LogP contribution in [0.25, 0.3) is 0 Å². The lowest BCUT2D eigenvalue weighted by atomic mass is 9.99. The van der Waals surface area contributed by atoms with Crippen molar-refractivity contribution in [3.63, 3.8) is 0 Å². The molecule has 7 unspecified atom stereocenters. The number of hydrogen-bond donors (Lipinski definition) is 6. The van der Waals surface area contributed by atoms with Crippen LogP contribution in [0, 0.1) is 0 Å². The lowest BCUT2D eigenvalue weighted by Gasteiger charge is -2.40. The molecule has 0 bridgehead atoms. The van der Waals surface area contributed by atoms with Crippen LogP contribution >= 0.6 is 0 Å². The van der Waals surface area contributed by atoms with E-state index in [1.165, 1.54) is 199 Å². The van der Waals surface area contributed by atoms with Crippen molar-refractivity contribution < 1.29 is 39.8 Å². The van der Waals surface area contributed by atoms with E-state index in [2.05, 4.69) is 30.5 Å². The molecule has 1 heterocycles. The van der Waals surface area contributed by atoms with Gasteiger partial charge in [-0.25, -0.2) is 0 Å². The number of rotatable bonds is 48. The molecule has 1 amide bonds. The van der Waals surface area contributed by atoms with Crippen LogP contribution in [0.4, 0.5) is 0 Å². The fraction of sp³-hybridized carbons (Fsp3) is 0.877. The van der Waals surface area contributed by atoms with Gasteiger partial charge in [0.15, 0.2) is 6.29 Å². The van der Waals surface area contributed by atoms with Crippen molar-refractivity contribution in [2.45, 2.75) is 307 Å². The molecule has 0 aromatic carbocycles. The highest BCUT2D eigenvalue weighted by atomic mass is 16.7. The topological polar surface area (TPSA) is 149 Å². The highest BCUT2D eigenvalue weighted by Gasteiger charge is 2.44. The van der Waals surface area contributed by atoms with Crippen molar-refractivity contribution in [3.8, 4) is 0 Å². The largest absolute Gasteiger partial charge is 0.394 e. The molecule has 0 spiro atoms. The van der Waals surface area contributed by atoms with E-state index in [1.54, 1.807) is 6.08 Å². The van der Waals surface area contributed by atoms with Crippen molar-refractivity contribution in [1.82, 2.24) is 5.32 Å². The number of aliphatic hydroxyl groups excluding tert-OH is 5. The Kier molecular flexibility index (Phi) is 44.6. The summed E-state index contributed by atoms with van der Waals surface area (Å²) in [6.45, 7) is 3.54. The maximum Gasteiger partial charge on any atom is 0.220 e. The van der Waals surface area contributed by atoms with Gasteiger partial charge in [-0.1, -0.05) is 255 Å². The molecule has 0 radical (unpaired) electrons. The quantitative estimate of drug-likeness (QED) is 0.0261. The van der Waals surface area contributed by atoms with E-state index in [9.17, 15) is 30.3 Å². The number of nitrogens with one attached hydrogen (secondary N) is 1. The zero-order valence-electron chi connectivity index (χ0n) is 43.0. The fourth-order valence-corrected chi connectivity index (χ4v) is 9.08. The normalized spacial score (nSPS) is 20.0. The first kappa shape index (κ1) is 62.4. The van der Waals surface area contributed by atoms with Gasteiger partial charge in [0, 0.05) is 6.42 Å². The summed E-state index contributed by atoms with van der Waals surface area (Å²) in [6, 6.07) is -0.824. The summed E-state index contributed by atoms with van der Waals surface area (Å²) in [6.07, 6.45) is 54.2. The molecule has 0 saturated carbocycles. The van der Waals surface area contributed by atoms with Crippen molar-refractivity contribution in [2.24, 2.45) is 0 Å². The van der Waals surface area contributed by atoms with E-state index in [-0.39, 0.29) is 12.5 Å². The van der Waals surface area contributed by atoms with Gasteiger partial charge in [0.2, 0.25) is 5.91 Å². The third kappa shape index (κ3) is 36.4. The molecular weight excluding hydrogens is 827 g/mol. The molecule has 9 nitrogen and oxygen atoms in total. The molecule has 9 heteroatoms. The number of carbonyl (C=O) groups is 1. The molecule has 1 aliphatic rings. The van der Waals surface area contributed by atoms with Crippen molar-refractivity contribution in [2.75, 3.05) is 13.2 Å². The van der Waals surface area contributed by atoms with Gasteiger partial charge in [0.1, 0.15) is 24.4 Å². The Bertz CT molecular complexity index is 1130. The average molecular weight is 934 g/mol. The Morgan fingerprint density at radius 2 is 0.894 bits per heavy atom. The lowest BCUT2D eigenvalue weighted by Crippen LogP contribution is -2.60. The SMILES string of the molecule is C/C=C/CC/C=C/CC/C=C/C(O)C(COC1OC(CO)C(O)C(O)C1O)NC(=O)CCCCCCCCCCCCCCCCCCCCCCCCCCCCCCCCCCCC. The van der Waals surface area contributed by atoms with Crippen LogP contribution in [0.1, 0.15) is 264 Å². The first-order chi connectivity index (χ1) is 32.3. The first-order valence-corrected chi connectivity index (χ1v) is 28.2. The van der Waals surface area contributed by atoms with Crippen LogP contribution in [0.3, 0.4) is 0 Å². The number of amides is 1. The minimum absolute atomic E-state index is 0.190.